The molecular formula is C8H7NO. The van der Waals surface area contributed by atoms with Gasteiger partial charge in [-0.1, -0.05) is 0 Å². The molecular weight excluding hydrogens is 126 g/mol. The lowest BCUT2D eigenvalue weighted by Gasteiger charge is -1.89. The lowest BCUT2D eigenvalue weighted by molar-refractivity contribution is 0.611. The highest BCUT2D eigenvalue weighted by Crippen LogP contribution is 2.15. The Labute approximate surface area is 58.5 Å². The Balaban J connectivity index is 2.95. The molecule has 2 rings (SSSR count). The summed E-state index contributed by atoms with van der Waals surface area (Å²) in [6.07, 6.45) is 3.46. The van der Waals surface area contributed by atoms with Crippen LogP contribution >= 0.6 is 0 Å². The molecule has 0 N–H and O–H groups in total. The number of aryl methyl sites for hydroxylation is 1. The van der Waals surface area contributed by atoms with E-state index in [9.17, 15) is 0 Å². The van der Waals surface area contributed by atoms with Crippen LogP contribution in [0.15, 0.2) is 29.0 Å². The second kappa shape index (κ2) is 1.84. The molecule has 0 fully saturated rings. The van der Waals surface area contributed by atoms with E-state index in [1.54, 1.807) is 12.5 Å². The van der Waals surface area contributed by atoms with Gasteiger partial charge in [-0.05, 0) is 19.1 Å². The first kappa shape index (κ1) is 5.47. The van der Waals surface area contributed by atoms with Gasteiger partial charge in [0, 0.05) is 11.6 Å². The summed E-state index contributed by atoms with van der Waals surface area (Å²) in [5.41, 5.74) is 1.84. The van der Waals surface area contributed by atoms with Crippen molar-refractivity contribution in [2.24, 2.45) is 0 Å². The average Bonchev–Trinajstić information content (AvgIpc) is 2.36. The molecule has 0 saturated heterocycles. The van der Waals surface area contributed by atoms with E-state index in [1.807, 2.05) is 19.1 Å². The molecule has 0 unspecified atom stereocenters. The topological polar surface area (TPSA) is 26.0 Å². The molecule has 0 amide bonds. The summed E-state index contributed by atoms with van der Waals surface area (Å²) in [6, 6.07) is 3.87. The van der Waals surface area contributed by atoms with Crippen molar-refractivity contribution in [3.05, 3.63) is 30.3 Å². The first-order chi connectivity index (χ1) is 4.88. The molecule has 2 heteroatoms. The summed E-state index contributed by atoms with van der Waals surface area (Å²) in [6.45, 7) is 1.94. The predicted molar refractivity (Wildman–Crippen MR) is 38.7 cm³/mol. The SMILES string of the molecule is Cc1nccc2ccoc12. The third-order valence-electron chi connectivity index (χ3n) is 1.55. The van der Waals surface area contributed by atoms with Crippen LogP contribution in [0.4, 0.5) is 0 Å². The monoisotopic (exact) mass is 133 g/mol. The highest BCUT2D eigenvalue weighted by Gasteiger charge is 1.97. The number of rotatable bonds is 0. The molecule has 0 saturated carbocycles. The average molecular weight is 133 g/mol. The minimum Gasteiger partial charge on any atom is -0.462 e. The highest BCUT2D eigenvalue weighted by atomic mass is 16.3. The van der Waals surface area contributed by atoms with Gasteiger partial charge in [0.15, 0.2) is 5.58 Å². The Morgan fingerprint density at radius 1 is 1.40 bits per heavy atom. The summed E-state index contributed by atoms with van der Waals surface area (Å²) in [4.78, 5) is 4.09. The van der Waals surface area contributed by atoms with Gasteiger partial charge in [0.25, 0.3) is 0 Å². The van der Waals surface area contributed by atoms with E-state index in [0.717, 1.165) is 16.7 Å². The standard InChI is InChI=1S/C8H7NO/c1-6-8-7(2-4-9-6)3-5-10-8/h2-5H,1H3. The van der Waals surface area contributed by atoms with Crippen LogP contribution in [0.2, 0.25) is 0 Å². The minimum absolute atomic E-state index is 0.891. The van der Waals surface area contributed by atoms with Crippen LogP contribution in [0, 0.1) is 6.92 Å². The molecule has 0 atom stereocenters. The molecule has 2 aromatic heterocycles. The third kappa shape index (κ3) is 0.620. The first-order valence-corrected chi connectivity index (χ1v) is 3.17. The summed E-state index contributed by atoms with van der Waals surface area (Å²) < 4.78 is 5.19. The molecule has 2 heterocycles. The Bertz CT molecular complexity index is 351. The number of hydrogen-bond donors (Lipinski definition) is 0. The van der Waals surface area contributed by atoms with Crippen molar-refractivity contribution in [1.29, 1.82) is 0 Å². The third-order valence-corrected chi connectivity index (χ3v) is 1.55. The fourth-order valence-corrected chi connectivity index (χ4v) is 1.03. The minimum atomic E-state index is 0.891. The number of pyridine rings is 1. The van der Waals surface area contributed by atoms with Crippen molar-refractivity contribution in [3.63, 3.8) is 0 Å². The fourth-order valence-electron chi connectivity index (χ4n) is 1.03. The van der Waals surface area contributed by atoms with Crippen LogP contribution in [0.1, 0.15) is 5.69 Å². The quantitative estimate of drug-likeness (QED) is 0.550. The summed E-state index contributed by atoms with van der Waals surface area (Å²) in [7, 11) is 0. The maximum atomic E-state index is 5.19. The lowest BCUT2D eigenvalue weighted by Crippen LogP contribution is -1.77. The van der Waals surface area contributed by atoms with E-state index >= 15 is 0 Å². The molecule has 0 aliphatic rings. The van der Waals surface area contributed by atoms with Gasteiger partial charge in [0.1, 0.15) is 0 Å². The number of furan rings is 1. The van der Waals surface area contributed by atoms with Crippen LogP contribution < -0.4 is 0 Å². The summed E-state index contributed by atoms with van der Waals surface area (Å²) in [5.74, 6) is 0. The molecule has 50 valence electrons. The summed E-state index contributed by atoms with van der Waals surface area (Å²) in [5, 5.41) is 1.12. The van der Waals surface area contributed by atoms with Crippen molar-refractivity contribution in [2.45, 2.75) is 6.92 Å². The number of aromatic nitrogens is 1. The Hall–Kier alpha value is -1.31. The van der Waals surface area contributed by atoms with Gasteiger partial charge >= 0.3 is 0 Å². The van der Waals surface area contributed by atoms with E-state index in [1.165, 1.54) is 0 Å². The fraction of sp³-hybridized carbons (Fsp3) is 0.125. The molecule has 10 heavy (non-hydrogen) atoms. The van der Waals surface area contributed by atoms with Crippen LogP contribution in [0.3, 0.4) is 0 Å². The summed E-state index contributed by atoms with van der Waals surface area (Å²) >= 11 is 0. The normalized spacial score (nSPS) is 10.5. The Morgan fingerprint density at radius 2 is 2.30 bits per heavy atom. The second-order valence-corrected chi connectivity index (χ2v) is 2.24. The smallest absolute Gasteiger partial charge is 0.155 e. The lowest BCUT2D eigenvalue weighted by atomic mass is 10.3. The maximum Gasteiger partial charge on any atom is 0.155 e. The zero-order valence-corrected chi connectivity index (χ0v) is 5.66. The zero-order valence-electron chi connectivity index (χ0n) is 5.66. The van der Waals surface area contributed by atoms with Crippen molar-refractivity contribution in [1.82, 2.24) is 4.98 Å². The Kier molecular flexibility index (Phi) is 1.01. The largest absolute Gasteiger partial charge is 0.462 e. The van der Waals surface area contributed by atoms with Crippen molar-refractivity contribution >= 4 is 11.0 Å². The van der Waals surface area contributed by atoms with Gasteiger partial charge in [0.05, 0.1) is 12.0 Å². The van der Waals surface area contributed by atoms with Crippen molar-refractivity contribution in [3.8, 4) is 0 Å². The molecule has 2 aromatic rings. The van der Waals surface area contributed by atoms with E-state index < -0.39 is 0 Å². The van der Waals surface area contributed by atoms with E-state index in [4.69, 9.17) is 4.42 Å². The van der Waals surface area contributed by atoms with Gasteiger partial charge in [-0.15, -0.1) is 0 Å². The molecule has 0 bridgehead atoms. The zero-order chi connectivity index (χ0) is 6.97. The molecule has 0 aromatic carbocycles. The van der Waals surface area contributed by atoms with Gasteiger partial charge in [0.2, 0.25) is 0 Å². The van der Waals surface area contributed by atoms with Gasteiger partial charge in [-0.25, -0.2) is 0 Å². The van der Waals surface area contributed by atoms with Crippen LogP contribution in [-0.2, 0) is 0 Å². The molecule has 0 radical (unpaired) electrons. The van der Waals surface area contributed by atoms with E-state index in [-0.39, 0.29) is 0 Å². The Morgan fingerprint density at radius 3 is 3.10 bits per heavy atom. The second-order valence-electron chi connectivity index (χ2n) is 2.24. The van der Waals surface area contributed by atoms with Gasteiger partial charge in [-0.3, -0.25) is 4.98 Å². The number of fused-ring (bicyclic) bond motifs is 1. The molecule has 2 nitrogen and oxygen atoms in total. The molecule has 0 aliphatic carbocycles. The van der Waals surface area contributed by atoms with Crippen LogP contribution in [0.5, 0.6) is 0 Å². The van der Waals surface area contributed by atoms with Gasteiger partial charge < -0.3 is 4.42 Å². The van der Waals surface area contributed by atoms with Crippen LogP contribution in [0.25, 0.3) is 11.0 Å². The maximum absolute atomic E-state index is 5.19. The molecule has 0 spiro atoms. The number of hydrogen-bond acceptors (Lipinski definition) is 2. The molecule has 0 aliphatic heterocycles. The number of nitrogens with zero attached hydrogens (tertiary/aromatic N) is 1. The first-order valence-electron chi connectivity index (χ1n) is 3.17. The van der Waals surface area contributed by atoms with Crippen molar-refractivity contribution in [2.75, 3.05) is 0 Å². The van der Waals surface area contributed by atoms with Gasteiger partial charge in [-0.2, -0.15) is 0 Å². The predicted octanol–water partition coefficient (Wildman–Crippen LogP) is 2.14. The van der Waals surface area contributed by atoms with Crippen LogP contribution in [-0.4, -0.2) is 4.98 Å². The van der Waals surface area contributed by atoms with Crippen molar-refractivity contribution < 1.29 is 4.42 Å². The van der Waals surface area contributed by atoms with E-state index in [2.05, 4.69) is 4.98 Å². The van der Waals surface area contributed by atoms with E-state index in [0.29, 0.717) is 0 Å². The highest BCUT2D eigenvalue weighted by molar-refractivity contribution is 5.78.